The second-order valence-corrected chi connectivity index (χ2v) is 5.48. The summed E-state index contributed by atoms with van der Waals surface area (Å²) in [7, 11) is 0. The third-order valence-corrected chi connectivity index (χ3v) is 3.61. The molecule has 0 amide bonds. The number of hydrogen-bond donors (Lipinski definition) is 4. The van der Waals surface area contributed by atoms with Crippen LogP contribution in [-0.2, 0) is 14.3 Å². The molecule has 0 unspecified atom stereocenters. The van der Waals surface area contributed by atoms with E-state index in [2.05, 4.69) is 6.92 Å². The van der Waals surface area contributed by atoms with Crippen LogP contribution in [0.5, 0.6) is 0 Å². The molecule has 4 atom stereocenters. The number of carbonyl (C=O) groups excluding carboxylic acids is 1. The Bertz CT molecular complexity index is 322. The number of ether oxygens (including phenoxy) is 2. The molecular weight excluding hydrogens is 280 g/mol. The maximum absolute atomic E-state index is 11.5. The van der Waals surface area contributed by atoms with Crippen molar-refractivity contribution < 1.29 is 34.7 Å². The van der Waals surface area contributed by atoms with E-state index in [1.807, 2.05) is 0 Å². The van der Waals surface area contributed by atoms with Crippen molar-refractivity contribution in [2.24, 2.45) is 0 Å². The second kappa shape index (κ2) is 8.65. The van der Waals surface area contributed by atoms with E-state index in [1.165, 1.54) is 0 Å². The van der Waals surface area contributed by atoms with Gasteiger partial charge in [-0.25, -0.2) is 0 Å². The van der Waals surface area contributed by atoms with Gasteiger partial charge in [-0.15, -0.1) is 0 Å². The van der Waals surface area contributed by atoms with E-state index in [-0.39, 0.29) is 13.0 Å². The maximum atomic E-state index is 11.5. The lowest BCUT2D eigenvalue weighted by Gasteiger charge is -2.40. The van der Waals surface area contributed by atoms with Crippen molar-refractivity contribution in [1.29, 1.82) is 0 Å². The molecule has 21 heavy (non-hydrogen) atoms. The SMILES string of the molecule is CCCCCCCC(=O)OC[C@@]1(O)OC[C@@H](O)[C@@H](O)[C@@H]1O. The predicted octanol–water partition coefficient (Wildman–Crippen LogP) is -0.308. The molecule has 0 aromatic heterocycles. The number of esters is 1. The van der Waals surface area contributed by atoms with Crippen LogP contribution in [0.3, 0.4) is 0 Å². The van der Waals surface area contributed by atoms with E-state index in [0.29, 0.717) is 6.42 Å². The van der Waals surface area contributed by atoms with Gasteiger partial charge in [0, 0.05) is 6.42 Å². The lowest BCUT2D eigenvalue weighted by molar-refractivity contribution is -0.332. The molecular formula is C14H26O7. The van der Waals surface area contributed by atoms with Gasteiger partial charge in [-0.05, 0) is 6.42 Å². The highest BCUT2D eigenvalue weighted by Gasteiger charge is 2.49. The van der Waals surface area contributed by atoms with Crippen molar-refractivity contribution in [2.75, 3.05) is 13.2 Å². The number of aliphatic hydroxyl groups excluding tert-OH is 3. The van der Waals surface area contributed by atoms with Gasteiger partial charge in [0.15, 0.2) is 0 Å². The highest BCUT2D eigenvalue weighted by atomic mass is 16.7. The highest BCUT2D eigenvalue weighted by molar-refractivity contribution is 5.69. The molecule has 0 spiro atoms. The van der Waals surface area contributed by atoms with Gasteiger partial charge >= 0.3 is 5.97 Å². The monoisotopic (exact) mass is 306 g/mol. The molecule has 1 heterocycles. The normalized spacial score (nSPS) is 32.9. The minimum Gasteiger partial charge on any atom is -0.460 e. The van der Waals surface area contributed by atoms with E-state index < -0.39 is 36.7 Å². The summed E-state index contributed by atoms with van der Waals surface area (Å²) in [6.45, 7) is 1.19. The topological polar surface area (TPSA) is 116 Å². The van der Waals surface area contributed by atoms with E-state index in [4.69, 9.17) is 9.47 Å². The zero-order valence-corrected chi connectivity index (χ0v) is 12.4. The average Bonchev–Trinajstić information content (AvgIpc) is 2.47. The fraction of sp³-hybridized carbons (Fsp3) is 0.929. The van der Waals surface area contributed by atoms with Crippen molar-refractivity contribution in [1.82, 2.24) is 0 Å². The van der Waals surface area contributed by atoms with Crippen LogP contribution in [0, 0.1) is 0 Å². The molecule has 7 heteroatoms. The summed E-state index contributed by atoms with van der Waals surface area (Å²) < 4.78 is 9.77. The van der Waals surface area contributed by atoms with Crippen LogP contribution in [0.25, 0.3) is 0 Å². The first-order valence-corrected chi connectivity index (χ1v) is 7.47. The molecule has 0 saturated carbocycles. The first-order valence-electron chi connectivity index (χ1n) is 7.47. The molecule has 4 N–H and O–H groups in total. The molecule has 1 saturated heterocycles. The lowest BCUT2D eigenvalue weighted by atomic mass is 9.97. The molecule has 0 aromatic carbocycles. The van der Waals surface area contributed by atoms with E-state index >= 15 is 0 Å². The largest absolute Gasteiger partial charge is 0.460 e. The molecule has 1 rings (SSSR count). The lowest BCUT2D eigenvalue weighted by Crippen LogP contribution is -2.63. The molecule has 0 bridgehead atoms. The summed E-state index contributed by atoms with van der Waals surface area (Å²) in [6.07, 6.45) is 0.653. The molecule has 124 valence electrons. The number of unbranched alkanes of at least 4 members (excludes halogenated alkanes) is 4. The van der Waals surface area contributed by atoms with Crippen LogP contribution in [0.15, 0.2) is 0 Å². The Morgan fingerprint density at radius 3 is 2.57 bits per heavy atom. The van der Waals surface area contributed by atoms with Gasteiger partial charge in [-0.2, -0.15) is 0 Å². The Balaban J connectivity index is 2.28. The van der Waals surface area contributed by atoms with Crippen LogP contribution in [0.2, 0.25) is 0 Å². The first kappa shape index (κ1) is 18.3. The standard InChI is InChI=1S/C14H26O7/c1-2-3-4-5-6-7-11(16)20-9-14(19)13(18)12(17)10(15)8-21-14/h10,12-13,15,17-19H,2-9H2,1H3/t10-,12-,13+,14-/m1/s1. The van der Waals surface area contributed by atoms with Gasteiger partial charge in [-0.1, -0.05) is 32.6 Å². The van der Waals surface area contributed by atoms with Crippen molar-refractivity contribution >= 4 is 5.97 Å². The van der Waals surface area contributed by atoms with Crippen molar-refractivity contribution in [2.45, 2.75) is 69.5 Å². The fourth-order valence-corrected chi connectivity index (χ4v) is 2.15. The minimum absolute atomic E-state index is 0.237. The molecule has 1 fully saturated rings. The van der Waals surface area contributed by atoms with Crippen molar-refractivity contribution in [3.63, 3.8) is 0 Å². The Morgan fingerprint density at radius 1 is 1.24 bits per heavy atom. The zero-order chi connectivity index (χ0) is 15.9. The number of aliphatic hydroxyl groups is 4. The Hall–Kier alpha value is -0.730. The Morgan fingerprint density at radius 2 is 1.90 bits per heavy atom. The zero-order valence-electron chi connectivity index (χ0n) is 12.4. The third kappa shape index (κ3) is 5.52. The summed E-state index contributed by atoms with van der Waals surface area (Å²) in [4.78, 5) is 11.5. The van der Waals surface area contributed by atoms with Gasteiger partial charge in [0.1, 0.15) is 24.9 Å². The molecule has 0 radical (unpaired) electrons. The number of rotatable bonds is 8. The van der Waals surface area contributed by atoms with Crippen LogP contribution >= 0.6 is 0 Å². The predicted molar refractivity (Wildman–Crippen MR) is 73.3 cm³/mol. The van der Waals surface area contributed by atoms with Crippen molar-refractivity contribution in [3.8, 4) is 0 Å². The highest BCUT2D eigenvalue weighted by Crippen LogP contribution is 2.24. The summed E-state index contributed by atoms with van der Waals surface area (Å²) in [6, 6.07) is 0. The summed E-state index contributed by atoms with van der Waals surface area (Å²) in [5, 5.41) is 38.5. The third-order valence-electron chi connectivity index (χ3n) is 3.61. The van der Waals surface area contributed by atoms with Gasteiger partial charge in [0.05, 0.1) is 6.61 Å². The van der Waals surface area contributed by atoms with Crippen LogP contribution in [-0.4, -0.2) is 63.7 Å². The molecule has 7 nitrogen and oxygen atoms in total. The quantitative estimate of drug-likeness (QED) is 0.359. The van der Waals surface area contributed by atoms with Gasteiger partial charge in [0.2, 0.25) is 5.79 Å². The average molecular weight is 306 g/mol. The molecule has 0 aromatic rings. The van der Waals surface area contributed by atoms with Crippen molar-refractivity contribution in [3.05, 3.63) is 0 Å². The first-order chi connectivity index (χ1) is 9.90. The van der Waals surface area contributed by atoms with Crippen LogP contribution in [0.4, 0.5) is 0 Å². The fourth-order valence-electron chi connectivity index (χ4n) is 2.15. The number of hydrogen-bond acceptors (Lipinski definition) is 7. The molecule has 1 aliphatic heterocycles. The molecule has 0 aliphatic carbocycles. The van der Waals surface area contributed by atoms with Gasteiger partial charge in [0.25, 0.3) is 0 Å². The van der Waals surface area contributed by atoms with E-state index in [1.54, 1.807) is 0 Å². The summed E-state index contributed by atoms with van der Waals surface area (Å²) in [5.74, 6) is -2.67. The number of carbonyl (C=O) groups is 1. The van der Waals surface area contributed by atoms with Gasteiger partial charge < -0.3 is 29.9 Å². The Labute approximate surface area is 124 Å². The Kier molecular flexibility index (Phi) is 7.55. The second-order valence-electron chi connectivity index (χ2n) is 5.48. The van der Waals surface area contributed by atoms with Crippen LogP contribution < -0.4 is 0 Å². The van der Waals surface area contributed by atoms with E-state index in [9.17, 15) is 25.2 Å². The van der Waals surface area contributed by atoms with E-state index in [0.717, 1.165) is 25.7 Å². The molecule has 1 aliphatic rings. The smallest absolute Gasteiger partial charge is 0.305 e. The maximum Gasteiger partial charge on any atom is 0.305 e. The minimum atomic E-state index is -2.18. The summed E-state index contributed by atoms with van der Waals surface area (Å²) >= 11 is 0. The summed E-state index contributed by atoms with van der Waals surface area (Å²) in [5.41, 5.74) is 0. The van der Waals surface area contributed by atoms with Gasteiger partial charge in [-0.3, -0.25) is 4.79 Å². The van der Waals surface area contributed by atoms with Crippen LogP contribution in [0.1, 0.15) is 45.4 Å².